The highest BCUT2D eigenvalue weighted by molar-refractivity contribution is 5.45. The Balaban J connectivity index is 1.79. The summed E-state index contributed by atoms with van der Waals surface area (Å²) >= 11 is 0. The highest BCUT2D eigenvalue weighted by Gasteiger charge is 2.35. The third-order valence-corrected chi connectivity index (χ3v) is 3.66. The summed E-state index contributed by atoms with van der Waals surface area (Å²) in [5.41, 5.74) is 2.78. The average Bonchev–Trinajstić information content (AvgIpc) is 2.75. The molecule has 0 aromatic rings. The van der Waals surface area contributed by atoms with E-state index in [1.54, 1.807) is 0 Å². The molecule has 0 amide bonds. The van der Waals surface area contributed by atoms with Crippen LogP contribution in [-0.4, -0.2) is 25.3 Å². The van der Waals surface area contributed by atoms with Crippen LogP contribution >= 0.6 is 0 Å². The predicted molar refractivity (Wildman–Crippen MR) is 65.0 cm³/mol. The van der Waals surface area contributed by atoms with E-state index in [9.17, 15) is 0 Å². The van der Waals surface area contributed by atoms with Gasteiger partial charge in [-0.1, -0.05) is 18.2 Å². The van der Waals surface area contributed by atoms with Crippen molar-refractivity contribution in [3.8, 4) is 0 Å². The first kappa shape index (κ1) is 10.3. The van der Waals surface area contributed by atoms with Gasteiger partial charge in [-0.25, -0.2) is 0 Å². The zero-order valence-corrected chi connectivity index (χ0v) is 9.54. The first-order valence-corrected chi connectivity index (χ1v) is 6.15. The minimum atomic E-state index is 0.0381. The van der Waals surface area contributed by atoms with E-state index < -0.39 is 0 Å². The maximum absolute atomic E-state index is 6.03. The molecule has 1 N–H and O–H groups in total. The molecular weight excluding hydrogens is 198 g/mol. The highest BCUT2D eigenvalue weighted by Crippen LogP contribution is 2.35. The number of ether oxygens (including phenoxy) is 1. The summed E-state index contributed by atoms with van der Waals surface area (Å²) in [5.74, 6) is 0. The summed E-state index contributed by atoms with van der Waals surface area (Å²) in [7, 11) is 0. The molecule has 0 aromatic heterocycles. The van der Waals surface area contributed by atoms with Crippen LogP contribution in [0.4, 0.5) is 0 Å². The first-order valence-electron chi connectivity index (χ1n) is 6.15. The van der Waals surface area contributed by atoms with Crippen molar-refractivity contribution in [2.75, 3.05) is 19.7 Å². The van der Waals surface area contributed by atoms with Crippen molar-refractivity contribution in [1.29, 1.82) is 0 Å². The third-order valence-electron chi connectivity index (χ3n) is 3.66. The molecule has 3 aliphatic rings. The fourth-order valence-corrected chi connectivity index (χ4v) is 2.68. The van der Waals surface area contributed by atoms with E-state index in [-0.39, 0.29) is 5.60 Å². The number of piperidine rings is 1. The lowest BCUT2D eigenvalue weighted by Gasteiger charge is -2.31. The predicted octanol–water partition coefficient (Wildman–Crippen LogP) is 2.16. The molecule has 2 heteroatoms. The van der Waals surface area contributed by atoms with Gasteiger partial charge in [-0.15, -0.1) is 0 Å². The van der Waals surface area contributed by atoms with E-state index >= 15 is 0 Å². The molecule has 0 unspecified atom stereocenters. The summed E-state index contributed by atoms with van der Waals surface area (Å²) in [6.07, 6.45) is 14.4. The number of hydrogen-bond donors (Lipinski definition) is 1. The molecule has 1 spiro atoms. The summed E-state index contributed by atoms with van der Waals surface area (Å²) < 4.78 is 6.03. The van der Waals surface area contributed by atoms with Crippen molar-refractivity contribution in [1.82, 2.24) is 5.32 Å². The van der Waals surface area contributed by atoms with Crippen LogP contribution in [0.1, 0.15) is 19.3 Å². The largest absolute Gasteiger partial charge is 0.366 e. The normalized spacial score (nSPS) is 28.0. The molecule has 2 heterocycles. The van der Waals surface area contributed by atoms with Crippen molar-refractivity contribution >= 4 is 0 Å². The number of rotatable bonds is 1. The monoisotopic (exact) mass is 216 g/mol. The lowest BCUT2D eigenvalue weighted by atomic mass is 9.89. The van der Waals surface area contributed by atoms with Gasteiger partial charge in [0.25, 0.3) is 0 Å². The van der Waals surface area contributed by atoms with Gasteiger partial charge in [-0.3, -0.25) is 0 Å². The van der Waals surface area contributed by atoms with Crippen molar-refractivity contribution in [3.63, 3.8) is 0 Å². The van der Waals surface area contributed by atoms with Crippen molar-refractivity contribution in [2.45, 2.75) is 24.9 Å². The van der Waals surface area contributed by atoms with Gasteiger partial charge in [-0.05, 0) is 56.0 Å². The zero-order chi connectivity index (χ0) is 10.8. The van der Waals surface area contributed by atoms with Crippen LogP contribution in [0.5, 0.6) is 0 Å². The van der Waals surface area contributed by atoms with Gasteiger partial charge in [0.2, 0.25) is 0 Å². The summed E-state index contributed by atoms with van der Waals surface area (Å²) in [5, 5.41) is 3.39. The molecule has 2 aliphatic heterocycles. The molecule has 0 aromatic carbocycles. The Morgan fingerprint density at radius 1 is 1.25 bits per heavy atom. The second-order valence-electron chi connectivity index (χ2n) is 4.76. The second-order valence-corrected chi connectivity index (χ2v) is 4.76. The van der Waals surface area contributed by atoms with Gasteiger partial charge in [0.05, 0.1) is 12.2 Å². The Morgan fingerprint density at radius 3 is 2.88 bits per heavy atom. The fraction of sp³-hybridized carbons (Fsp3) is 0.500. The molecular formula is C14H18NO. The van der Waals surface area contributed by atoms with Crippen molar-refractivity contribution < 1.29 is 4.74 Å². The van der Waals surface area contributed by atoms with E-state index in [0.29, 0.717) is 0 Å². The van der Waals surface area contributed by atoms with Crippen LogP contribution in [-0.2, 0) is 4.74 Å². The van der Waals surface area contributed by atoms with Gasteiger partial charge in [0, 0.05) is 0 Å². The van der Waals surface area contributed by atoms with Crippen LogP contribution in [0.3, 0.4) is 0 Å². The minimum Gasteiger partial charge on any atom is -0.366 e. The summed E-state index contributed by atoms with van der Waals surface area (Å²) in [4.78, 5) is 0. The highest BCUT2D eigenvalue weighted by atomic mass is 16.5. The molecule has 1 fully saturated rings. The standard InChI is InChI=1S/C14H18NO/c1-2-4-12(5-3-1)13-10-14(16-11-13)6-8-15-9-7-14/h1-2,4-5,10,15H,3,6-9,11H2. The van der Waals surface area contributed by atoms with Crippen LogP contribution in [0.2, 0.25) is 0 Å². The second kappa shape index (κ2) is 4.19. The maximum atomic E-state index is 6.03. The van der Waals surface area contributed by atoms with Gasteiger partial charge in [-0.2, -0.15) is 0 Å². The van der Waals surface area contributed by atoms with Crippen molar-refractivity contribution in [2.24, 2.45) is 0 Å². The Bertz CT molecular complexity index is 359. The zero-order valence-electron chi connectivity index (χ0n) is 9.54. The molecule has 1 aliphatic carbocycles. The van der Waals surface area contributed by atoms with Gasteiger partial charge in [0.1, 0.15) is 0 Å². The number of allylic oxidation sites excluding steroid dienone is 3. The minimum absolute atomic E-state index is 0.0381. The Labute approximate surface area is 97.1 Å². The van der Waals surface area contributed by atoms with Crippen LogP contribution in [0.15, 0.2) is 35.5 Å². The third kappa shape index (κ3) is 1.87. The Hall–Kier alpha value is -0.860. The quantitative estimate of drug-likeness (QED) is 0.725. The maximum Gasteiger partial charge on any atom is 0.0897 e. The first-order chi connectivity index (χ1) is 7.88. The smallest absolute Gasteiger partial charge is 0.0897 e. The van der Waals surface area contributed by atoms with E-state index in [1.165, 1.54) is 11.1 Å². The molecule has 2 nitrogen and oxygen atoms in total. The number of nitrogens with one attached hydrogen (secondary N) is 1. The van der Waals surface area contributed by atoms with E-state index in [1.807, 2.05) is 0 Å². The van der Waals surface area contributed by atoms with E-state index in [2.05, 4.69) is 36.0 Å². The lowest BCUT2D eigenvalue weighted by Crippen LogP contribution is -2.40. The average molecular weight is 216 g/mol. The molecule has 1 radical (unpaired) electrons. The lowest BCUT2D eigenvalue weighted by molar-refractivity contribution is 0.00168. The summed E-state index contributed by atoms with van der Waals surface area (Å²) in [6, 6.07) is 0. The number of hydrogen-bond acceptors (Lipinski definition) is 2. The van der Waals surface area contributed by atoms with Gasteiger partial charge < -0.3 is 10.1 Å². The van der Waals surface area contributed by atoms with Crippen LogP contribution in [0, 0.1) is 6.42 Å². The van der Waals surface area contributed by atoms with Crippen molar-refractivity contribution in [3.05, 3.63) is 41.9 Å². The molecule has 16 heavy (non-hydrogen) atoms. The van der Waals surface area contributed by atoms with E-state index in [0.717, 1.165) is 39.0 Å². The summed E-state index contributed by atoms with van der Waals surface area (Å²) in [6.45, 7) is 2.94. The molecule has 3 rings (SSSR count). The topological polar surface area (TPSA) is 21.3 Å². The Morgan fingerprint density at radius 2 is 2.12 bits per heavy atom. The van der Waals surface area contributed by atoms with Gasteiger partial charge >= 0.3 is 0 Å². The molecule has 85 valence electrons. The molecule has 1 saturated heterocycles. The molecule has 0 saturated carbocycles. The SMILES string of the molecule is [CH]1CC=CC=C1C1=CC2(CCNCC2)OC1. The Kier molecular flexibility index (Phi) is 2.70. The van der Waals surface area contributed by atoms with E-state index in [4.69, 9.17) is 4.74 Å². The molecule has 0 bridgehead atoms. The van der Waals surface area contributed by atoms with Crippen LogP contribution in [0.25, 0.3) is 0 Å². The molecule has 0 atom stereocenters. The fourth-order valence-electron chi connectivity index (χ4n) is 2.68. The van der Waals surface area contributed by atoms with Crippen LogP contribution < -0.4 is 5.32 Å². The van der Waals surface area contributed by atoms with Gasteiger partial charge in [0.15, 0.2) is 0 Å².